The number of allylic oxidation sites excluding steroid dienone is 3. The molecule has 0 bridgehead atoms. The molecule has 0 saturated heterocycles. The Bertz CT molecular complexity index is 226. The van der Waals surface area contributed by atoms with Crippen molar-refractivity contribution in [3.05, 3.63) is 36.0 Å². The molecule has 1 aliphatic rings. The number of carboxylic acids is 1. The van der Waals surface area contributed by atoms with E-state index < -0.39 is 5.97 Å². The standard InChI is InChI=1S/C7H6O2.Ag/c1-5-3-2-4-6(5)7(8)9;/h2-4H,1H2,(H,8,9);. The molecule has 0 aromatic rings. The van der Waals surface area contributed by atoms with Gasteiger partial charge in [0.1, 0.15) is 0 Å². The van der Waals surface area contributed by atoms with E-state index in [1.165, 1.54) is 6.08 Å². The smallest absolute Gasteiger partial charge is 0.336 e. The molecule has 3 heteroatoms. The van der Waals surface area contributed by atoms with Crippen molar-refractivity contribution >= 4 is 5.97 Å². The Kier molecular flexibility index (Phi) is 3.36. The minimum absolute atomic E-state index is 0. The van der Waals surface area contributed by atoms with Gasteiger partial charge in [-0.15, -0.1) is 0 Å². The third-order valence-corrected chi connectivity index (χ3v) is 1.14. The molecule has 1 radical (unpaired) electrons. The van der Waals surface area contributed by atoms with Crippen molar-refractivity contribution in [2.24, 2.45) is 0 Å². The maximum absolute atomic E-state index is 10.2. The molecule has 1 aliphatic carbocycles. The van der Waals surface area contributed by atoms with Gasteiger partial charge in [0.15, 0.2) is 0 Å². The van der Waals surface area contributed by atoms with E-state index in [9.17, 15) is 4.79 Å². The molecular formula is C7H6AgO2. The van der Waals surface area contributed by atoms with Crippen molar-refractivity contribution in [3.8, 4) is 0 Å². The largest absolute Gasteiger partial charge is 0.478 e. The summed E-state index contributed by atoms with van der Waals surface area (Å²) in [5.41, 5.74) is 0.859. The summed E-state index contributed by atoms with van der Waals surface area (Å²) in [6, 6.07) is 0. The molecule has 0 amide bonds. The van der Waals surface area contributed by atoms with E-state index in [0.717, 1.165) is 0 Å². The van der Waals surface area contributed by atoms with Gasteiger partial charge in [0, 0.05) is 22.4 Å². The first kappa shape index (κ1) is 9.43. The second-order valence-corrected chi connectivity index (χ2v) is 1.77. The monoisotopic (exact) mass is 229 g/mol. The van der Waals surface area contributed by atoms with Gasteiger partial charge in [-0.2, -0.15) is 0 Å². The summed E-state index contributed by atoms with van der Waals surface area (Å²) in [6.07, 6.45) is 4.87. The molecule has 0 heterocycles. The summed E-state index contributed by atoms with van der Waals surface area (Å²) in [5.74, 6) is -0.912. The van der Waals surface area contributed by atoms with Gasteiger partial charge in [-0.05, 0) is 11.6 Å². The molecule has 1 rings (SSSR count). The predicted octanol–water partition coefficient (Wildman–Crippen LogP) is 1.12. The van der Waals surface area contributed by atoms with Gasteiger partial charge < -0.3 is 5.11 Å². The van der Waals surface area contributed by atoms with Crippen LogP contribution in [0.2, 0.25) is 0 Å². The topological polar surface area (TPSA) is 37.3 Å². The van der Waals surface area contributed by atoms with Crippen LogP contribution in [0.3, 0.4) is 0 Å². The zero-order valence-corrected chi connectivity index (χ0v) is 6.58. The fraction of sp³-hybridized carbons (Fsp3) is 0. The summed E-state index contributed by atoms with van der Waals surface area (Å²) in [5, 5.41) is 8.41. The van der Waals surface area contributed by atoms with Crippen LogP contribution < -0.4 is 0 Å². The van der Waals surface area contributed by atoms with Crippen molar-refractivity contribution in [1.29, 1.82) is 0 Å². The number of carboxylic acid groups (broad SMARTS) is 1. The maximum atomic E-state index is 10.2. The molecular weight excluding hydrogens is 224 g/mol. The van der Waals surface area contributed by atoms with Crippen LogP contribution in [0.5, 0.6) is 0 Å². The van der Waals surface area contributed by atoms with Gasteiger partial charge in [-0.25, -0.2) is 4.79 Å². The number of rotatable bonds is 1. The first-order chi connectivity index (χ1) is 4.22. The van der Waals surface area contributed by atoms with Crippen molar-refractivity contribution in [1.82, 2.24) is 0 Å². The van der Waals surface area contributed by atoms with E-state index in [1.54, 1.807) is 12.2 Å². The second-order valence-electron chi connectivity index (χ2n) is 1.77. The average molecular weight is 230 g/mol. The van der Waals surface area contributed by atoms with Gasteiger partial charge in [0.05, 0.1) is 5.57 Å². The van der Waals surface area contributed by atoms with Crippen LogP contribution >= 0.6 is 0 Å². The van der Waals surface area contributed by atoms with E-state index in [2.05, 4.69) is 6.58 Å². The van der Waals surface area contributed by atoms with Crippen molar-refractivity contribution in [2.75, 3.05) is 0 Å². The Morgan fingerprint density at radius 3 is 2.40 bits per heavy atom. The zero-order chi connectivity index (χ0) is 6.85. The SMILES string of the molecule is C=C1C=CC=C1C(=O)O.[Ag]. The molecule has 10 heavy (non-hydrogen) atoms. The molecule has 0 unspecified atom stereocenters. The van der Waals surface area contributed by atoms with Crippen LogP contribution in [-0.4, -0.2) is 11.1 Å². The number of hydrogen-bond acceptors (Lipinski definition) is 1. The Labute approximate surface area is 74.4 Å². The normalized spacial score (nSPS) is 14.4. The molecule has 0 atom stereocenters. The minimum atomic E-state index is -0.912. The van der Waals surface area contributed by atoms with Gasteiger partial charge in [-0.3, -0.25) is 0 Å². The summed E-state index contributed by atoms with van der Waals surface area (Å²) >= 11 is 0. The van der Waals surface area contributed by atoms with Gasteiger partial charge in [-0.1, -0.05) is 18.7 Å². The van der Waals surface area contributed by atoms with E-state index in [0.29, 0.717) is 5.57 Å². The molecule has 57 valence electrons. The van der Waals surface area contributed by atoms with Crippen LogP contribution in [0.1, 0.15) is 0 Å². The molecule has 0 aromatic carbocycles. The van der Waals surface area contributed by atoms with Crippen LogP contribution in [0.15, 0.2) is 36.0 Å². The molecule has 0 saturated carbocycles. The van der Waals surface area contributed by atoms with E-state index in [1.807, 2.05) is 0 Å². The van der Waals surface area contributed by atoms with Crippen LogP contribution in [-0.2, 0) is 27.2 Å². The molecule has 0 aromatic heterocycles. The second kappa shape index (κ2) is 3.56. The number of hydrogen-bond donors (Lipinski definition) is 1. The summed E-state index contributed by atoms with van der Waals surface area (Å²) < 4.78 is 0. The van der Waals surface area contributed by atoms with Crippen LogP contribution in [0.4, 0.5) is 0 Å². The number of aliphatic carboxylic acids is 1. The summed E-state index contributed by atoms with van der Waals surface area (Å²) in [7, 11) is 0. The van der Waals surface area contributed by atoms with Crippen molar-refractivity contribution < 1.29 is 32.3 Å². The van der Waals surface area contributed by atoms with E-state index >= 15 is 0 Å². The quantitative estimate of drug-likeness (QED) is 0.685. The molecule has 0 spiro atoms. The molecule has 0 aliphatic heterocycles. The zero-order valence-electron chi connectivity index (χ0n) is 5.10. The van der Waals surface area contributed by atoms with Gasteiger partial charge >= 0.3 is 5.97 Å². The Hall–Kier alpha value is -0.570. The molecule has 2 nitrogen and oxygen atoms in total. The first-order valence-electron chi connectivity index (χ1n) is 2.53. The Morgan fingerprint density at radius 1 is 1.60 bits per heavy atom. The van der Waals surface area contributed by atoms with Crippen molar-refractivity contribution in [3.63, 3.8) is 0 Å². The Morgan fingerprint density at radius 2 is 2.20 bits per heavy atom. The van der Waals surface area contributed by atoms with Gasteiger partial charge in [0.25, 0.3) is 0 Å². The van der Waals surface area contributed by atoms with Crippen LogP contribution in [0, 0.1) is 0 Å². The third-order valence-electron chi connectivity index (χ3n) is 1.14. The summed E-state index contributed by atoms with van der Waals surface area (Å²) in [4.78, 5) is 10.2. The number of carbonyl (C=O) groups is 1. The van der Waals surface area contributed by atoms with E-state index in [-0.39, 0.29) is 28.0 Å². The van der Waals surface area contributed by atoms with Crippen molar-refractivity contribution in [2.45, 2.75) is 0 Å². The van der Waals surface area contributed by atoms with Gasteiger partial charge in [0.2, 0.25) is 0 Å². The minimum Gasteiger partial charge on any atom is -0.478 e. The molecule has 0 fully saturated rings. The summed E-state index contributed by atoms with van der Waals surface area (Å²) in [6.45, 7) is 3.52. The Balaban J connectivity index is 0.000000810. The maximum Gasteiger partial charge on any atom is 0.336 e. The average Bonchev–Trinajstić information content (AvgIpc) is 2.13. The third kappa shape index (κ3) is 1.70. The first-order valence-corrected chi connectivity index (χ1v) is 2.53. The fourth-order valence-corrected chi connectivity index (χ4v) is 0.666. The molecule has 1 N–H and O–H groups in total. The predicted molar refractivity (Wildman–Crippen MR) is 34.0 cm³/mol. The van der Waals surface area contributed by atoms with Crippen LogP contribution in [0.25, 0.3) is 0 Å². The van der Waals surface area contributed by atoms with E-state index in [4.69, 9.17) is 5.11 Å². The fourth-order valence-electron chi connectivity index (χ4n) is 0.666.